The number of nitrogens with one attached hydrogen (secondary N) is 1. The van der Waals surface area contributed by atoms with Crippen LogP contribution in [0.5, 0.6) is 0 Å². The molecule has 2 saturated heterocycles. The summed E-state index contributed by atoms with van der Waals surface area (Å²) < 4.78 is 7.40. The monoisotopic (exact) mass is 426 g/mol. The average molecular weight is 427 g/mol. The molecular weight excluding hydrogens is 396 g/mol. The van der Waals surface area contributed by atoms with Crippen LogP contribution in [-0.4, -0.2) is 88.2 Å². The van der Waals surface area contributed by atoms with Crippen molar-refractivity contribution in [2.24, 2.45) is 11.8 Å². The van der Waals surface area contributed by atoms with E-state index in [-0.39, 0.29) is 24.5 Å². The summed E-state index contributed by atoms with van der Waals surface area (Å²) in [5.74, 6) is 1.33. The second kappa shape index (κ2) is 8.92. The largest absolute Gasteiger partial charge is 0.365 e. The van der Waals surface area contributed by atoms with Gasteiger partial charge in [-0.25, -0.2) is 0 Å². The Balaban J connectivity index is 1.11. The number of carbonyl (C=O) groups excluding carboxylic acids is 2. The van der Waals surface area contributed by atoms with Crippen molar-refractivity contribution in [3.05, 3.63) is 30.2 Å². The number of fused-ring (bicyclic) bond motifs is 1. The van der Waals surface area contributed by atoms with Gasteiger partial charge in [0.25, 0.3) is 5.91 Å². The maximum atomic E-state index is 12.6. The van der Waals surface area contributed by atoms with E-state index >= 15 is 0 Å². The zero-order valence-corrected chi connectivity index (χ0v) is 17.8. The number of piperidine rings is 1. The zero-order chi connectivity index (χ0) is 21.2. The molecule has 5 rings (SSSR count). The van der Waals surface area contributed by atoms with Crippen LogP contribution in [0.25, 0.3) is 5.65 Å². The SMILES string of the molecule is O=C(NCC1CN(CC2CCN(CC3CC3)CC2)C(=O)CO1)c1cccn2cnnc12. The van der Waals surface area contributed by atoms with Crippen molar-refractivity contribution in [2.45, 2.75) is 31.8 Å². The van der Waals surface area contributed by atoms with Gasteiger partial charge in [-0.3, -0.25) is 14.0 Å². The Morgan fingerprint density at radius 3 is 2.77 bits per heavy atom. The summed E-state index contributed by atoms with van der Waals surface area (Å²) in [6.45, 7) is 5.31. The number of ether oxygens (including phenoxy) is 1. The molecule has 0 radical (unpaired) electrons. The van der Waals surface area contributed by atoms with Gasteiger partial charge in [-0.05, 0) is 62.7 Å². The van der Waals surface area contributed by atoms with Crippen molar-refractivity contribution < 1.29 is 14.3 Å². The molecule has 0 spiro atoms. The minimum Gasteiger partial charge on any atom is -0.365 e. The number of pyridine rings is 1. The maximum absolute atomic E-state index is 12.6. The van der Waals surface area contributed by atoms with Crippen molar-refractivity contribution in [2.75, 3.05) is 45.9 Å². The first-order valence-corrected chi connectivity index (χ1v) is 11.3. The Morgan fingerprint density at radius 1 is 1.16 bits per heavy atom. The number of likely N-dealkylation sites (tertiary alicyclic amines) is 1. The van der Waals surface area contributed by atoms with Gasteiger partial charge in [0.1, 0.15) is 12.9 Å². The Morgan fingerprint density at radius 2 is 1.97 bits per heavy atom. The molecule has 9 nitrogen and oxygen atoms in total. The quantitative estimate of drug-likeness (QED) is 0.705. The van der Waals surface area contributed by atoms with Gasteiger partial charge >= 0.3 is 0 Å². The number of amides is 2. The van der Waals surface area contributed by atoms with Crippen LogP contribution in [0.3, 0.4) is 0 Å². The molecule has 4 heterocycles. The average Bonchev–Trinajstić information content (AvgIpc) is 3.47. The highest BCUT2D eigenvalue weighted by molar-refractivity contribution is 5.99. The highest BCUT2D eigenvalue weighted by atomic mass is 16.5. The first kappa shape index (κ1) is 20.4. The molecule has 0 bridgehead atoms. The topological polar surface area (TPSA) is 92.1 Å². The maximum Gasteiger partial charge on any atom is 0.255 e. The molecule has 1 unspecified atom stereocenters. The highest BCUT2D eigenvalue weighted by Gasteiger charge is 2.31. The molecule has 1 atom stereocenters. The van der Waals surface area contributed by atoms with E-state index in [9.17, 15) is 9.59 Å². The molecule has 2 aliphatic heterocycles. The Kier molecular flexibility index (Phi) is 5.87. The zero-order valence-electron chi connectivity index (χ0n) is 17.8. The van der Waals surface area contributed by atoms with Crippen molar-refractivity contribution in [1.29, 1.82) is 0 Å². The molecule has 1 aliphatic carbocycles. The van der Waals surface area contributed by atoms with E-state index < -0.39 is 0 Å². The Hall–Kier alpha value is -2.52. The lowest BCUT2D eigenvalue weighted by atomic mass is 9.95. The summed E-state index contributed by atoms with van der Waals surface area (Å²) in [5.41, 5.74) is 0.996. The van der Waals surface area contributed by atoms with Gasteiger partial charge in [-0.2, -0.15) is 0 Å². The Bertz CT molecular complexity index is 934. The second-order valence-corrected chi connectivity index (χ2v) is 9.11. The van der Waals surface area contributed by atoms with Crippen LogP contribution in [-0.2, 0) is 9.53 Å². The fourth-order valence-corrected chi connectivity index (χ4v) is 4.64. The predicted octanol–water partition coefficient (Wildman–Crippen LogP) is 0.809. The van der Waals surface area contributed by atoms with E-state index in [0.29, 0.717) is 30.2 Å². The normalized spacial score (nSPS) is 23.4. The summed E-state index contributed by atoms with van der Waals surface area (Å²) in [4.78, 5) is 29.6. The van der Waals surface area contributed by atoms with Gasteiger partial charge < -0.3 is 19.9 Å². The lowest BCUT2D eigenvalue weighted by Gasteiger charge is -2.38. The molecule has 3 aliphatic rings. The number of hydrogen-bond donors (Lipinski definition) is 1. The lowest BCUT2D eigenvalue weighted by Crippen LogP contribution is -2.52. The van der Waals surface area contributed by atoms with Crippen LogP contribution >= 0.6 is 0 Å². The lowest BCUT2D eigenvalue weighted by molar-refractivity contribution is -0.149. The smallest absolute Gasteiger partial charge is 0.255 e. The van der Waals surface area contributed by atoms with E-state index in [1.807, 2.05) is 4.90 Å². The van der Waals surface area contributed by atoms with Crippen molar-refractivity contribution in [1.82, 2.24) is 29.7 Å². The van der Waals surface area contributed by atoms with Crippen molar-refractivity contribution in [3.8, 4) is 0 Å². The van der Waals surface area contributed by atoms with Gasteiger partial charge in [0.05, 0.1) is 11.7 Å². The molecule has 166 valence electrons. The number of carbonyl (C=O) groups is 2. The number of nitrogens with zero attached hydrogens (tertiary/aromatic N) is 5. The van der Waals surface area contributed by atoms with E-state index in [1.54, 1.807) is 29.1 Å². The van der Waals surface area contributed by atoms with Gasteiger partial charge in [-0.1, -0.05) is 0 Å². The third-order valence-corrected chi connectivity index (χ3v) is 6.68. The minimum atomic E-state index is -0.214. The number of rotatable bonds is 7. The van der Waals surface area contributed by atoms with Gasteiger partial charge in [0.15, 0.2) is 5.65 Å². The van der Waals surface area contributed by atoms with Gasteiger partial charge in [0, 0.05) is 32.4 Å². The molecular formula is C22H30N6O3. The minimum absolute atomic E-state index is 0.0521. The second-order valence-electron chi connectivity index (χ2n) is 9.11. The van der Waals surface area contributed by atoms with Crippen molar-refractivity contribution in [3.63, 3.8) is 0 Å². The third kappa shape index (κ3) is 4.88. The van der Waals surface area contributed by atoms with E-state index in [2.05, 4.69) is 20.4 Å². The number of hydrogen-bond acceptors (Lipinski definition) is 6. The van der Waals surface area contributed by atoms with E-state index in [0.717, 1.165) is 38.4 Å². The Labute approximate surface area is 181 Å². The molecule has 2 aromatic heterocycles. The molecule has 1 saturated carbocycles. The highest BCUT2D eigenvalue weighted by Crippen LogP contribution is 2.31. The number of morpholine rings is 1. The summed E-state index contributed by atoms with van der Waals surface area (Å²) in [6.07, 6.45) is 8.27. The van der Waals surface area contributed by atoms with Crippen LogP contribution in [0.15, 0.2) is 24.7 Å². The van der Waals surface area contributed by atoms with Crippen LogP contribution in [0, 0.1) is 11.8 Å². The molecule has 31 heavy (non-hydrogen) atoms. The summed E-state index contributed by atoms with van der Waals surface area (Å²) in [5, 5.41) is 10.8. The van der Waals surface area contributed by atoms with Crippen LogP contribution < -0.4 is 5.32 Å². The fraction of sp³-hybridized carbons (Fsp3) is 0.636. The fourth-order valence-electron chi connectivity index (χ4n) is 4.64. The molecule has 2 amide bonds. The third-order valence-electron chi connectivity index (χ3n) is 6.68. The molecule has 1 N–H and O–H groups in total. The molecule has 2 aromatic rings. The molecule has 0 aromatic carbocycles. The van der Waals surface area contributed by atoms with Crippen molar-refractivity contribution >= 4 is 17.5 Å². The van der Waals surface area contributed by atoms with Gasteiger partial charge in [-0.15, -0.1) is 10.2 Å². The summed E-state index contributed by atoms with van der Waals surface area (Å²) in [6, 6.07) is 3.52. The number of aromatic nitrogens is 3. The first-order chi connectivity index (χ1) is 15.2. The van der Waals surface area contributed by atoms with Gasteiger partial charge in [0.2, 0.25) is 5.91 Å². The van der Waals surface area contributed by atoms with Crippen LogP contribution in [0.1, 0.15) is 36.0 Å². The standard InChI is InChI=1S/C22H30N6O3/c29-20-14-31-18(10-23-22(30)19-2-1-7-27-15-24-25-21(19)27)13-28(20)12-17-5-8-26(9-6-17)11-16-3-4-16/h1-2,7,15-18H,3-6,8-14H2,(H,23,30). The molecule has 9 heteroatoms. The predicted molar refractivity (Wildman–Crippen MR) is 114 cm³/mol. The summed E-state index contributed by atoms with van der Waals surface area (Å²) >= 11 is 0. The van der Waals surface area contributed by atoms with E-state index in [1.165, 1.54) is 19.4 Å². The summed E-state index contributed by atoms with van der Waals surface area (Å²) in [7, 11) is 0. The molecule has 3 fully saturated rings. The van der Waals surface area contributed by atoms with E-state index in [4.69, 9.17) is 4.74 Å². The van der Waals surface area contributed by atoms with Crippen LogP contribution in [0.2, 0.25) is 0 Å². The first-order valence-electron chi connectivity index (χ1n) is 11.3. The van der Waals surface area contributed by atoms with Crippen LogP contribution in [0.4, 0.5) is 0 Å².